The van der Waals surface area contributed by atoms with Gasteiger partial charge < -0.3 is 10.2 Å². The van der Waals surface area contributed by atoms with Crippen LogP contribution < -0.4 is 5.32 Å². The fourth-order valence-corrected chi connectivity index (χ4v) is 1.26. The molecule has 1 heterocycles. The Morgan fingerprint density at radius 1 is 1.53 bits per heavy atom. The average molecular weight is 211 g/mol. The molecule has 1 aromatic heterocycles. The Bertz CT molecular complexity index is 281. The molecule has 0 fully saturated rings. The second-order valence-electron chi connectivity index (χ2n) is 3.09. The van der Waals surface area contributed by atoms with Gasteiger partial charge in [0.25, 0.3) is 0 Å². The van der Waals surface area contributed by atoms with E-state index in [4.69, 9.17) is 0 Å². The maximum atomic E-state index is 11.5. The first-order chi connectivity index (χ1) is 7.27. The van der Waals surface area contributed by atoms with E-state index in [0.717, 1.165) is 18.9 Å². The highest BCUT2D eigenvalue weighted by molar-refractivity contribution is 5.73. The van der Waals surface area contributed by atoms with Gasteiger partial charge in [0.1, 0.15) is 12.2 Å². The number of urea groups is 1. The molecule has 2 amide bonds. The van der Waals surface area contributed by atoms with Gasteiger partial charge in [0, 0.05) is 26.1 Å². The molecule has 0 bridgehead atoms. The van der Waals surface area contributed by atoms with Gasteiger partial charge in [0.15, 0.2) is 0 Å². The lowest BCUT2D eigenvalue weighted by atomic mass is 10.4. The van der Waals surface area contributed by atoms with Crippen LogP contribution in [-0.2, 0) is 6.42 Å². The number of carbonyl (C=O) groups is 1. The van der Waals surface area contributed by atoms with Crippen molar-refractivity contribution in [3.63, 3.8) is 0 Å². The lowest BCUT2D eigenvalue weighted by molar-refractivity contribution is 0.203. The van der Waals surface area contributed by atoms with Crippen LogP contribution in [0.2, 0.25) is 0 Å². The van der Waals surface area contributed by atoms with Gasteiger partial charge in [-0.25, -0.2) is 9.78 Å². The Labute approximate surface area is 89.1 Å². The van der Waals surface area contributed by atoms with Gasteiger partial charge in [-0.05, 0) is 13.8 Å². The molecule has 0 aromatic carbocycles. The molecule has 0 aliphatic carbocycles. The van der Waals surface area contributed by atoms with Crippen LogP contribution >= 0.6 is 0 Å². The quantitative estimate of drug-likeness (QED) is 0.740. The lowest BCUT2D eigenvalue weighted by Crippen LogP contribution is -2.40. The van der Waals surface area contributed by atoms with Crippen molar-refractivity contribution in [3.05, 3.63) is 12.2 Å². The van der Waals surface area contributed by atoms with E-state index in [-0.39, 0.29) is 6.03 Å². The summed E-state index contributed by atoms with van der Waals surface area (Å²) in [6.45, 7) is 5.94. The predicted molar refractivity (Wildman–Crippen MR) is 56.4 cm³/mol. The number of rotatable bonds is 5. The van der Waals surface area contributed by atoms with Gasteiger partial charge in [-0.15, -0.1) is 0 Å². The molecule has 0 unspecified atom stereocenters. The van der Waals surface area contributed by atoms with Crippen molar-refractivity contribution in [3.8, 4) is 0 Å². The highest BCUT2D eigenvalue weighted by Gasteiger charge is 2.07. The summed E-state index contributed by atoms with van der Waals surface area (Å²) in [6.07, 6.45) is 2.13. The van der Waals surface area contributed by atoms with Crippen LogP contribution in [0.4, 0.5) is 4.79 Å². The maximum absolute atomic E-state index is 11.5. The van der Waals surface area contributed by atoms with Crippen LogP contribution in [0.5, 0.6) is 0 Å². The molecule has 0 saturated carbocycles. The first kappa shape index (κ1) is 11.5. The van der Waals surface area contributed by atoms with E-state index in [0.29, 0.717) is 13.0 Å². The third-order valence-electron chi connectivity index (χ3n) is 2.15. The Balaban J connectivity index is 2.22. The summed E-state index contributed by atoms with van der Waals surface area (Å²) in [7, 11) is 0. The number of carbonyl (C=O) groups excluding carboxylic acids is 1. The van der Waals surface area contributed by atoms with Crippen molar-refractivity contribution in [2.75, 3.05) is 19.6 Å². The summed E-state index contributed by atoms with van der Waals surface area (Å²) in [5.41, 5.74) is 0. The molecule has 1 rings (SSSR count). The largest absolute Gasteiger partial charge is 0.338 e. The van der Waals surface area contributed by atoms with Crippen LogP contribution in [0, 0.1) is 0 Å². The Hall–Kier alpha value is -1.59. The van der Waals surface area contributed by atoms with Gasteiger partial charge in [-0.2, -0.15) is 5.10 Å². The molecular formula is C9H17N5O. The van der Waals surface area contributed by atoms with Crippen molar-refractivity contribution < 1.29 is 4.79 Å². The number of hydrogen-bond acceptors (Lipinski definition) is 3. The zero-order valence-electron chi connectivity index (χ0n) is 9.16. The summed E-state index contributed by atoms with van der Waals surface area (Å²) in [5.74, 6) is 0.787. The van der Waals surface area contributed by atoms with Crippen LogP contribution in [-0.4, -0.2) is 45.7 Å². The molecule has 6 heteroatoms. The fourth-order valence-electron chi connectivity index (χ4n) is 1.26. The number of aromatic amines is 1. The SMILES string of the molecule is CCN(CC)C(=O)NCCc1ncn[nH]1. The van der Waals surface area contributed by atoms with Crippen LogP contribution in [0.15, 0.2) is 6.33 Å². The van der Waals surface area contributed by atoms with Gasteiger partial charge in [-0.1, -0.05) is 0 Å². The second-order valence-corrected chi connectivity index (χ2v) is 3.09. The third kappa shape index (κ3) is 3.57. The standard InChI is InChI=1S/C9H17N5O/c1-3-14(4-2)9(15)10-6-5-8-11-7-12-13-8/h7H,3-6H2,1-2H3,(H,10,15)(H,11,12,13). The molecule has 0 saturated heterocycles. The predicted octanol–water partition coefficient (Wildman–Crippen LogP) is 0.399. The molecule has 0 aliphatic heterocycles. The van der Waals surface area contributed by atoms with E-state index in [2.05, 4.69) is 20.5 Å². The van der Waals surface area contributed by atoms with E-state index >= 15 is 0 Å². The summed E-state index contributed by atoms with van der Waals surface area (Å²) < 4.78 is 0. The molecule has 6 nitrogen and oxygen atoms in total. The highest BCUT2D eigenvalue weighted by Crippen LogP contribution is 1.89. The molecule has 1 aromatic rings. The molecule has 0 aliphatic rings. The number of aromatic nitrogens is 3. The molecule has 0 atom stereocenters. The van der Waals surface area contributed by atoms with Gasteiger partial charge >= 0.3 is 6.03 Å². The van der Waals surface area contributed by atoms with Crippen LogP contribution in [0.3, 0.4) is 0 Å². The van der Waals surface area contributed by atoms with E-state index in [9.17, 15) is 4.79 Å². The minimum Gasteiger partial charge on any atom is -0.338 e. The molecular weight excluding hydrogens is 194 g/mol. The highest BCUT2D eigenvalue weighted by atomic mass is 16.2. The lowest BCUT2D eigenvalue weighted by Gasteiger charge is -2.18. The van der Waals surface area contributed by atoms with Crippen molar-refractivity contribution in [1.29, 1.82) is 0 Å². The monoisotopic (exact) mass is 211 g/mol. The first-order valence-electron chi connectivity index (χ1n) is 5.15. The van der Waals surface area contributed by atoms with Gasteiger partial charge in [0.05, 0.1) is 0 Å². The second kappa shape index (κ2) is 6.00. The van der Waals surface area contributed by atoms with Gasteiger partial charge in [0.2, 0.25) is 0 Å². The van der Waals surface area contributed by atoms with Crippen molar-refractivity contribution in [2.45, 2.75) is 20.3 Å². The average Bonchev–Trinajstić information content (AvgIpc) is 2.72. The maximum Gasteiger partial charge on any atom is 0.317 e. The number of nitrogens with zero attached hydrogens (tertiary/aromatic N) is 3. The van der Waals surface area contributed by atoms with E-state index in [1.807, 2.05) is 13.8 Å². The third-order valence-corrected chi connectivity index (χ3v) is 2.15. The number of amides is 2. The van der Waals surface area contributed by atoms with E-state index in [1.165, 1.54) is 6.33 Å². The summed E-state index contributed by atoms with van der Waals surface area (Å²) >= 11 is 0. The minimum atomic E-state index is -0.0282. The molecule has 15 heavy (non-hydrogen) atoms. The Morgan fingerprint density at radius 3 is 2.80 bits per heavy atom. The fraction of sp³-hybridized carbons (Fsp3) is 0.667. The van der Waals surface area contributed by atoms with E-state index in [1.54, 1.807) is 4.90 Å². The Morgan fingerprint density at radius 2 is 2.27 bits per heavy atom. The molecule has 0 spiro atoms. The van der Waals surface area contributed by atoms with Crippen molar-refractivity contribution in [2.24, 2.45) is 0 Å². The minimum absolute atomic E-state index is 0.0282. The normalized spacial score (nSPS) is 10.0. The topological polar surface area (TPSA) is 73.9 Å². The molecule has 84 valence electrons. The zero-order valence-corrected chi connectivity index (χ0v) is 9.16. The Kier molecular flexibility index (Phi) is 4.59. The molecule has 2 N–H and O–H groups in total. The zero-order chi connectivity index (χ0) is 11.1. The van der Waals surface area contributed by atoms with Crippen LogP contribution in [0.25, 0.3) is 0 Å². The number of nitrogens with one attached hydrogen (secondary N) is 2. The smallest absolute Gasteiger partial charge is 0.317 e. The van der Waals surface area contributed by atoms with Crippen LogP contribution in [0.1, 0.15) is 19.7 Å². The first-order valence-corrected chi connectivity index (χ1v) is 5.15. The van der Waals surface area contributed by atoms with Gasteiger partial charge in [-0.3, -0.25) is 5.10 Å². The van der Waals surface area contributed by atoms with Crippen molar-refractivity contribution >= 4 is 6.03 Å². The molecule has 0 radical (unpaired) electrons. The van der Waals surface area contributed by atoms with E-state index < -0.39 is 0 Å². The van der Waals surface area contributed by atoms with Crippen molar-refractivity contribution in [1.82, 2.24) is 25.4 Å². The summed E-state index contributed by atoms with van der Waals surface area (Å²) in [6, 6.07) is -0.0282. The summed E-state index contributed by atoms with van der Waals surface area (Å²) in [4.78, 5) is 17.2. The number of H-pyrrole nitrogens is 1. The number of hydrogen-bond donors (Lipinski definition) is 2. The summed E-state index contributed by atoms with van der Waals surface area (Å²) in [5, 5.41) is 9.29.